The van der Waals surface area contributed by atoms with Gasteiger partial charge in [-0.15, -0.1) is 0 Å². The van der Waals surface area contributed by atoms with Crippen molar-refractivity contribution in [2.75, 3.05) is 0 Å². The summed E-state index contributed by atoms with van der Waals surface area (Å²) < 4.78 is 0. The van der Waals surface area contributed by atoms with Crippen LogP contribution in [0.1, 0.15) is 108 Å². The maximum Gasteiger partial charge on any atom is 0.0634 e. The molecule has 0 radical (unpaired) electrons. The fourth-order valence-corrected chi connectivity index (χ4v) is 5.87. The Bertz CT molecular complexity index is 1150. The molecule has 0 fully saturated rings. The summed E-state index contributed by atoms with van der Waals surface area (Å²) in [6, 6.07) is 0. The lowest BCUT2D eigenvalue weighted by Crippen LogP contribution is -2.34. The summed E-state index contributed by atoms with van der Waals surface area (Å²) >= 11 is 0. The Hall–Kier alpha value is -2.68. The van der Waals surface area contributed by atoms with Crippen molar-refractivity contribution in [3.63, 3.8) is 0 Å². The molecule has 42 heavy (non-hydrogen) atoms. The Morgan fingerprint density at radius 2 is 0.976 bits per heavy atom. The average molecular weight is 571 g/mol. The third kappa shape index (κ3) is 10.5. The van der Waals surface area contributed by atoms with Crippen LogP contribution in [0.2, 0.25) is 0 Å². The van der Waals surface area contributed by atoms with Crippen LogP contribution < -0.4 is 0 Å². The first kappa shape index (κ1) is 35.5. The van der Waals surface area contributed by atoms with E-state index >= 15 is 0 Å². The number of aliphatic hydroxyl groups excluding tert-OH is 2. The summed E-state index contributed by atoms with van der Waals surface area (Å²) in [6.07, 6.45) is 31.3. The highest BCUT2D eigenvalue weighted by atomic mass is 16.3. The second-order valence-electron chi connectivity index (χ2n) is 13.6. The second kappa shape index (κ2) is 16.2. The maximum absolute atomic E-state index is 10.4. The molecule has 2 heteroatoms. The van der Waals surface area contributed by atoms with E-state index in [2.05, 4.69) is 142 Å². The minimum Gasteiger partial charge on any atom is -0.392 e. The van der Waals surface area contributed by atoms with E-state index in [9.17, 15) is 10.2 Å². The summed E-state index contributed by atoms with van der Waals surface area (Å²) in [4.78, 5) is 0. The lowest BCUT2D eigenvalue weighted by molar-refractivity contribution is 0.0606. The smallest absolute Gasteiger partial charge is 0.0634 e. The third-order valence-electron chi connectivity index (χ3n) is 9.12. The first-order chi connectivity index (χ1) is 19.7. The molecule has 2 atom stereocenters. The zero-order chi connectivity index (χ0) is 31.5. The zero-order valence-corrected chi connectivity index (χ0v) is 28.2. The van der Waals surface area contributed by atoms with Crippen LogP contribution in [0.4, 0.5) is 0 Å². The Kier molecular flexibility index (Phi) is 13.7. The molecule has 0 aromatic heterocycles. The SMILES string of the molecule is CC1=C(/C=C/C(C)=C/C=C/C(C)=C/CC/C=C(C)/C=C/C=C(C)/C=C/C2=C(C)CCC(O)C2(C)C)C(C)(C)C(O)CC1. The van der Waals surface area contributed by atoms with E-state index in [0.717, 1.165) is 38.5 Å². The normalized spacial score (nSPS) is 24.9. The molecule has 0 aliphatic heterocycles. The minimum atomic E-state index is -0.278. The van der Waals surface area contributed by atoms with Crippen molar-refractivity contribution in [3.05, 3.63) is 117 Å². The average Bonchev–Trinajstić information content (AvgIpc) is 2.91. The Balaban J connectivity index is 1.85. The van der Waals surface area contributed by atoms with Gasteiger partial charge in [-0.05, 0) is 91.2 Å². The summed E-state index contributed by atoms with van der Waals surface area (Å²) in [5.74, 6) is 0. The van der Waals surface area contributed by atoms with Crippen molar-refractivity contribution >= 4 is 0 Å². The molecule has 0 bridgehead atoms. The highest BCUT2D eigenvalue weighted by Gasteiger charge is 2.35. The summed E-state index contributed by atoms with van der Waals surface area (Å²) in [7, 11) is 0. The van der Waals surface area contributed by atoms with E-state index in [-0.39, 0.29) is 23.0 Å². The topological polar surface area (TPSA) is 40.5 Å². The van der Waals surface area contributed by atoms with Crippen LogP contribution in [-0.2, 0) is 0 Å². The van der Waals surface area contributed by atoms with Gasteiger partial charge in [0.1, 0.15) is 0 Å². The third-order valence-corrected chi connectivity index (χ3v) is 9.12. The Morgan fingerprint density at radius 3 is 1.33 bits per heavy atom. The van der Waals surface area contributed by atoms with E-state index in [0.29, 0.717) is 0 Å². The van der Waals surface area contributed by atoms with Crippen LogP contribution in [-0.4, -0.2) is 22.4 Å². The zero-order valence-electron chi connectivity index (χ0n) is 28.2. The lowest BCUT2D eigenvalue weighted by Gasteiger charge is -2.37. The molecule has 0 amide bonds. The van der Waals surface area contributed by atoms with Crippen molar-refractivity contribution in [1.29, 1.82) is 0 Å². The van der Waals surface area contributed by atoms with Gasteiger partial charge in [-0.1, -0.05) is 134 Å². The molecule has 0 aromatic rings. The van der Waals surface area contributed by atoms with E-state index in [1.807, 2.05) is 0 Å². The second-order valence-corrected chi connectivity index (χ2v) is 13.6. The number of unbranched alkanes of at least 4 members (excludes halogenated alkanes) is 1. The van der Waals surface area contributed by atoms with Gasteiger partial charge in [0.25, 0.3) is 0 Å². The van der Waals surface area contributed by atoms with Crippen LogP contribution in [0.15, 0.2) is 117 Å². The summed E-state index contributed by atoms with van der Waals surface area (Å²) in [5, 5.41) is 20.9. The molecule has 2 unspecified atom stereocenters. The van der Waals surface area contributed by atoms with Gasteiger partial charge in [0, 0.05) is 10.8 Å². The molecule has 230 valence electrons. The molecule has 0 heterocycles. The van der Waals surface area contributed by atoms with E-state index < -0.39 is 0 Å². The summed E-state index contributed by atoms with van der Waals surface area (Å²) in [6.45, 7) is 21.5. The number of aliphatic hydroxyl groups is 2. The number of rotatable bonds is 11. The number of hydrogen-bond donors (Lipinski definition) is 2. The standard InChI is InChI=1S/C40H58O2/c1-29(17-13-19-31(3)21-25-35-33(5)23-27-37(41)39(35,7)8)15-11-12-16-30(2)18-14-20-32(4)22-26-36-34(6)24-28-38(42)40(36,9)10/h13-22,25-26,37-38,41-42H,11-12,23-24,27-28H2,1-10H3/b17-13+,18-14+,25-21+,26-22+,29-15+,30-16+,31-19+,32-20+. The van der Waals surface area contributed by atoms with Crippen molar-refractivity contribution < 1.29 is 10.2 Å². The first-order valence-electron chi connectivity index (χ1n) is 15.8. The highest BCUT2D eigenvalue weighted by Crippen LogP contribution is 2.42. The minimum absolute atomic E-state index is 0.195. The molecule has 2 aliphatic carbocycles. The van der Waals surface area contributed by atoms with Crippen molar-refractivity contribution in [2.45, 2.75) is 120 Å². The Morgan fingerprint density at radius 1 is 0.619 bits per heavy atom. The lowest BCUT2D eigenvalue weighted by atomic mass is 9.70. The van der Waals surface area contributed by atoms with Gasteiger partial charge in [0.05, 0.1) is 12.2 Å². The molecule has 2 rings (SSSR count). The fraction of sp³-hybridized carbons (Fsp3) is 0.500. The number of allylic oxidation sites excluding steroid dienone is 18. The molecular formula is C40H58O2. The van der Waals surface area contributed by atoms with Crippen LogP contribution in [0.5, 0.6) is 0 Å². The van der Waals surface area contributed by atoms with Crippen molar-refractivity contribution in [3.8, 4) is 0 Å². The van der Waals surface area contributed by atoms with Gasteiger partial charge in [-0.2, -0.15) is 0 Å². The van der Waals surface area contributed by atoms with Crippen LogP contribution in [0.25, 0.3) is 0 Å². The maximum atomic E-state index is 10.4. The number of hydrogen-bond acceptors (Lipinski definition) is 2. The van der Waals surface area contributed by atoms with E-state index in [1.165, 1.54) is 44.6 Å². The van der Waals surface area contributed by atoms with Gasteiger partial charge in [-0.25, -0.2) is 0 Å². The largest absolute Gasteiger partial charge is 0.392 e. The predicted molar refractivity (Wildman–Crippen MR) is 184 cm³/mol. The molecule has 0 saturated carbocycles. The van der Waals surface area contributed by atoms with Crippen LogP contribution >= 0.6 is 0 Å². The summed E-state index contributed by atoms with van der Waals surface area (Å²) in [5.41, 5.74) is 9.85. The quantitative estimate of drug-likeness (QED) is 0.192. The van der Waals surface area contributed by atoms with Gasteiger partial charge in [-0.3, -0.25) is 0 Å². The van der Waals surface area contributed by atoms with Crippen molar-refractivity contribution in [1.82, 2.24) is 0 Å². The van der Waals surface area contributed by atoms with Gasteiger partial charge >= 0.3 is 0 Å². The molecule has 2 nitrogen and oxygen atoms in total. The highest BCUT2D eigenvalue weighted by molar-refractivity contribution is 5.39. The van der Waals surface area contributed by atoms with Crippen LogP contribution in [0, 0.1) is 10.8 Å². The van der Waals surface area contributed by atoms with Crippen molar-refractivity contribution in [2.24, 2.45) is 10.8 Å². The van der Waals surface area contributed by atoms with Crippen LogP contribution in [0.3, 0.4) is 0 Å². The first-order valence-corrected chi connectivity index (χ1v) is 15.8. The molecule has 0 spiro atoms. The van der Waals surface area contributed by atoms with E-state index in [4.69, 9.17) is 0 Å². The molecular weight excluding hydrogens is 512 g/mol. The molecule has 2 aliphatic rings. The molecule has 0 saturated heterocycles. The molecule has 2 N–H and O–H groups in total. The monoisotopic (exact) mass is 570 g/mol. The van der Waals surface area contributed by atoms with Gasteiger partial charge in [0.2, 0.25) is 0 Å². The Labute approximate surface area is 258 Å². The van der Waals surface area contributed by atoms with E-state index in [1.54, 1.807) is 0 Å². The fourth-order valence-electron chi connectivity index (χ4n) is 5.87. The van der Waals surface area contributed by atoms with Gasteiger partial charge in [0.15, 0.2) is 0 Å². The predicted octanol–water partition coefficient (Wildman–Crippen LogP) is 10.8. The molecule has 0 aromatic carbocycles. The van der Waals surface area contributed by atoms with Gasteiger partial charge < -0.3 is 10.2 Å².